The summed E-state index contributed by atoms with van der Waals surface area (Å²) in [5.41, 5.74) is 0.184. The largest absolute Gasteiger partial charge is 0.396 e. The minimum atomic E-state index is -2.49. The Morgan fingerprint density at radius 1 is 1.14 bits per heavy atom. The normalized spacial score (nSPS) is 14.0. The van der Waals surface area contributed by atoms with Gasteiger partial charge < -0.3 is 14.0 Å². The van der Waals surface area contributed by atoms with Crippen LogP contribution in [0, 0.1) is 0 Å². The highest BCUT2D eigenvalue weighted by atomic mass is 28.4. The molecule has 0 aliphatic rings. The maximum Gasteiger partial charge on any atom is 0.368 e. The zero-order chi connectivity index (χ0) is 10.6. The molecule has 0 bridgehead atoms. The standard InChI is InChI=1S/C10H16O3Si/c1-12-14(3,13-2)10(11)9-7-5-4-6-8-9/h4-8,10-11H,1-3H3. The maximum absolute atomic E-state index is 10.1. The molecule has 0 heterocycles. The molecular formula is C10H16O3Si. The molecule has 0 radical (unpaired) electrons. The molecule has 0 aliphatic carbocycles. The fraction of sp³-hybridized carbons (Fsp3) is 0.400. The van der Waals surface area contributed by atoms with E-state index in [1.54, 1.807) is 14.2 Å². The van der Waals surface area contributed by atoms with Gasteiger partial charge in [0.25, 0.3) is 0 Å². The fourth-order valence-electron chi connectivity index (χ4n) is 1.24. The average Bonchev–Trinajstić information content (AvgIpc) is 2.28. The van der Waals surface area contributed by atoms with Crippen molar-refractivity contribution in [3.8, 4) is 0 Å². The molecule has 0 amide bonds. The molecule has 0 fully saturated rings. The van der Waals surface area contributed by atoms with Crippen molar-refractivity contribution in [2.24, 2.45) is 0 Å². The molecule has 78 valence electrons. The van der Waals surface area contributed by atoms with Crippen molar-refractivity contribution in [1.82, 2.24) is 0 Å². The smallest absolute Gasteiger partial charge is 0.368 e. The minimum Gasteiger partial charge on any atom is -0.396 e. The van der Waals surface area contributed by atoms with Gasteiger partial charge >= 0.3 is 8.56 Å². The van der Waals surface area contributed by atoms with E-state index in [2.05, 4.69) is 0 Å². The Labute approximate surface area is 85.5 Å². The Morgan fingerprint density at radius 3 is 2.07 bits per heavy atom. The first-order valence-corrected chi connectivity index (χ1v) is 6.86. The predicted molar refractivity (Wildman–Crippen MR) is 57.0 cm³/mol. The second-order valence-corrected chi connectivity index (χ2v) is 6.63. The lowest BCUT2D eigenvalue weighted by Crippen LogP contribution is -2.43. The van der Waals surface area contributed by atoms with Crippen LogP contribution >= 0.6 is 0 Å². The van der Waals surface area contributed by atoms with Crippen molar-refractivity contribution in [1.29, 1.82) is 0 Å². The topological polar surface area (TPSA) is 38.7 Å². The van der Waals surface area contributed by atoms with Crippen LogP contribution in [-0.2, 0) is 8.85 Å². The quantitative estimate of drug-likeness (QED) is 0.771. The van der Waals surface area contributed by atoms with E-state index >= 15 is 0 Å². The molecule has 1 atom stereocenters. The van der Waals surface area contributed by atoms with E-state index in [4.69, 9.17) is 8.85 Å². The minimum absolute atomic E-state index is 0.654. The predicted octanol–water partition coefficient (Wildman–Crippen LogP) is 1.62. The number of hydrogen-bond acceptors (Lipinski definition) is 3. The van der Waals surface area contributed by atoms with Gasteiger partial charge in [-0.3, -0.25) is 0 Å². The van der Waals surface area contributed by atoms with Crippen LogP contribution < -0.4 is 0 Å². The van der Waals surface area contributed by atoms with Crippen molar-refractivity contribution >= 4 is 8.56 Å². The Kier molecular flexibility index (Phi) is 3.83. The third-order valence-corrected chi connectivity index (χ3v) is 5.37. The van der Waals surface area contributed by atoms with Gasteiger partial charge in [0.1, 0.15) is 5.73 Å². The number of benzene rings is 1. The van der Waals surface area contributed by atoms with E-state index in [9.17, 15) is 5.11 Å². The highest BCUT2D eigenvalue weighted by molar-refractivity contribution is 6.67. The van der Waals surface area contributed by atoms with Crippen LogP contribution in [0.2, 0.25) is 6.55 Å². The summed E-state index contributed by atoms with van der Waals surface area (Å²) in [5.74, 6) is 0. The molecule has 0 saturated heterocycles. The first-order valence-electron chi connectivity index (χ1n) is 4.47. The lowest BCUT2D eigenvalue weighted by molar-refractivity contribution is 0.146. The van der Waals surface area contributed by atoms with Gasteiger partial charge in [-0.05, 0) is 12.1 Å². The van der Waals surface area contributed by atoms with Gasteiger partial charge in [0.2, 0.25) is 0 Å². The van der Waals surface area contributed by atoms with E-state index in [0.29, 0.717) is 0 Å². The van der Waals surface area contributed by atoms with Gasteiger partial charge in [-0.15, -0.1) is 0 Å². The van der Waals surface area contributed by atoms with E-state index in [0.717, 1.165) is 5.56 Å². The molecule has 0 aliphatic heterocycles. The molecule has 1 aromatic rings. The molecule has 14 heavy (non-hydrogen) atoms. The number of aliphatic hydroxyl groups is 1. The Balaban J connectivity index is 2.89. The van der Waals surface area contributed by atoms with Gasteiger partial charge in [-0.1, -0.05) is 30.3 Å². The lowest BCUT2D eigenvalue weighted by atomic mass is 10.2. The molecule has 0 aromatic heterocycles. The number of hydrogen-bond donors (Lipinski definition) is 1. The SMILES string of the molecule is CO[Si](C)(OC)C(O)c1ccccc1. The second kappa shape index (κ2) is 4.70. The summed E-state index contributed by atoms with van der Waals surface area (Å²) in [6.07, 6.45) is 0. The molecule has 4 heteroatoms. The third-order valence-electron chi connectivity index (χ3n) is 2.42. The van der Waals surface area contributed by atoms with E-state index < -0.39 is 14.3 Å². The summed E-state index contributed by atoms with van der Waals surface area (Å²) in [6.45, 7) is 1.84. The van der Waals surface area contributed by atoms with Crippen LogP contribution in [0.4, 0.5) is 0 Å². The molecule has 3 nitrogen and oxygen atoms in total. The molecule has 1 aromatic carbocycles. The molecule has 1 rings (SSSR count). The van der Waals surface area contributed by atoms with E-state index in [1.165, 1.54) is 0 Å². The number of aliphatic hydroxyl groups excluding tert-OH is 1. The Bertz CT molecular complexity index is 272. The Hall–Kier alpha value is -0.683. The lowest BCUT2D eigenvalue weighted by Gasteiger charge is -2.28. The summed E-state index contributed by atoms with van der Waals surface area (Å²) < 4.78 is 10.5. The van der Waals surface area contributed by atoms with Crippen LogP contribution in [0.5, 0.6) is 0 Å². The molecule has 0 spiro atoms. The molecule has 1 unspecified atom stereocenters. The first-order chi connectivity index (χ1) is 6.64. The van der Waals surface area contributed by atoms with Gasteiger partial charge in [0, 0.05) is 14.2 Å². The van der Waals surface area contributed by atoms with Crippen LogP contribution in [0.3, 0.4) is 0 Å². The molecular weight excluding hydrogens is 196 g/mol. The van der Waals surface area contributed by atoms with Crippen LogP contribution in [0.1, 0.15) is 11.3 Å². The molecule has 0 saturated carbocycles. The summed E-state index contributed by atoms with van der Waals surface area (Å²) in [6, 6.07) is 9.42. The second-order valence-electron chi connectivity index (χ2n) is 3.24. The highest BCUT2D eigenvalue weighted by Crippen LogP contribution is 2.24. The van der Waals surface area contributed by atoms with Crippen LogP contribution in [0.15, 0.2) is 30.3 Å². The maximum atomic E-state index is 10.1. The van der Waals surface area contributed by atoms with Crippen molar-refractivity contribution in [2.45, 2.75) is 12.3 Å². The first kappa shape index (κ1) is 11.4. The molecule has 1 N–H and O–H groups in total. The monoisotopic (exact) mass is 212 g/mol. The highest BCUT2D eigenvalue weighted by Gasteiger charge is 2.39. The van der Waals surface area contributed by atoms with Crippen molar-refractivity contribution in [3.63, 3.8) is 0 Å². The van der Waals surface area contributed by atoms with Gasteiger partial charge in [-0.25, -0.2) is 0 Å². The van der Waals surface area contributed by atoms with Crippen LogP contribution in [0.25, 0.3) is 0 Å². The number of rotatable bonds is 4. The fourth-order valence-corrected chi connectivity index (χ4v) is 2.66. The van der Waals surface area contributed by atoms with Crippen molar-refractivity contribution in [2.75, 3.05) is 14.2 Å². The van der Waals surface area contributed by atoms with Gasteiger partial charge in [0.05, 0.1) is 0 Å². The van der Waals surface area contributed by atoms with E-state index in [1.807, 2.05) is 36.9 Å². The zero-order valence-corrected chi connectivity index (χ0v) is 9.73. The zero-order valence-electron chi connectivity index (χ0n) is 8.73. The Morgan fingerprint density at radius 2 is 1.64 bits per heavy atom. The summed E-state index contributed by atoms with van der Waals surface area (Å²) in [4.78, 5) is 0. The summed E-state index contributed by atoms with van der Waals surface area (Å²) >= 11 is 0. The van der Waals surface area contributed by atoms with E-state index in [-0.39, 0.29) is 0 Å². The average molecular weight is 212 g/mol. The van der Waals surface area contributed by atoms with Gasteiger partial charge in [-0.2, -0.15) is 0 Å². The third kappa shape index (κ3) is 2.22. The van der Waals surface area contributed by atoms with Crippen LogP contribution in [-0.4, -0.2) is 27.9 Å². The van der Waals surface area contributed by atoms with Crippen molar-refractivity contribution < 1.29 is 14.0 Å². The van der Waals surface area contributed by atoms with Gasteiger partial charge in [0.15, 0.2) is 0 Å². The summed E-state index contributed by atoms with van der Waals surface area (Å²) in [7, 11) is 0.657. The van der Waals surface area contributed by atoms with Crippen molar-refractivity contribution in [3.05, 3.63) is 35.9 Å². The summed E-state index contributed by atoms with van der Waals surface area (Å²) in [5, 5.41) is 10.1.